The van der Waals surface area contributed by atoms with E-state index in [2.05, 4.69) is 11.4 Å². The van der Waals surface area contributed by atoms with Crippen LogP contribution in [0.2, 0.25) is 0 Å². The number of hydrogen-bond acceptors (Lipinski definition) is 3. The van der Waals surface area contributed by atoms with Crippen molar-refractivity contribution in [3.05, 3.63) is 29.8 Å². The number of ether oxygens (including phenoxy) is 1. The fraction of sp³-hybridized carbons (Fsp3) is 0.417. The van der Waals surface area contributed by atoms with E-state index in [1.165, 1.54) is 0 Å². The second-order valence-corrected chi connectivity index (χ2v) is 3.43. The van der Waals surface area contributed by atoms with E-state index >= 15 is 0 Å². The van der Waals surface area contributed by atoms with Crippen molar-refractivity contribution in [1.29, 1.82) is 5.26 Å². The molecule has 1 aromatic carbocycles. The minimum absolute atomic E-state index is 0.0620. The van der Waals surface area contributed by atoms with Crippen LogP contribution in [0.1, 0.15) is 18.9 Å². The van der Waals surface area contributed by atoms with Gasteiger partial charge in [-0.2, -0.15) is 5.26 Å². The number of benzene rings is 1. The van der Waals surface area contributed by atoms with Crippen LogP contribution in [-0.4, -0.2) is 13.2 Å². The van der Waals surface area contributed by atoms with Crippen LogP contribution in [0.25, 0.3) is 0 Å². The summed E-state index contributed by atoms with van der Waals surface area (Å²) in [5.74, 6) is 0.856. The van der Waals surface area contributed by atoms with Gasteiger partial charge >= 0.3 is 0 Å². The molecule has 0 amide bonds. The van der Waals surface area contributed by atoms with E-state index in [0.29, 0.717) is 6.42 Å². The molecule has 0 saturated heterocycles. The summed E-state index contributed by atoms with van der Waals surface area (Å²) >= 11 is 0. The minimum atomic E-state index is -0.0620. The third kappa shape index (κ3) is 3.61. The first-order chi connectivity index (χ1) is 7.27. The average Bonchev–Trinajstić information content (AvgIpc) is 2.21. The van der Waals surface area contributed by atoms with Crippen LogP contribution < -0.4 is 10.1 Å². The number of para-hydroxylation sites is 1. The highest BCUT2D eigenvalue weighted by molar-refractivity contribution is 5.33. The number of nitrogens with zero attached hydrogens (tertiary/aromatic N) is 1. The van der Waals surface area contributed by atoms with Crippen molar-refractivity contribution >= 4 is 0 Å². The first-order valence-corrected chi connectivity index (χ1v) is 5.04. The predicted octanol–water partition coefficient (Wildman–Crippen LogP) is 2.09. The standard InChI is InChI=1S/C12H16N2O/c1-10(7-8-13)15-12-6-4-3-5-11(12)9-14-2/h3-6,10,14H,7,9H2,1-2H3. The molecule has 0 aliphatic heterocycles. The summed E-state index contributed by atoms with van der Waals surface area (Å²) in [6, 6.07) is 9.97. The van der Waals surface area contributed by atoms with Crippen LogP contribution in [0, 0.1) is 11.3 Å². The summed E-state index contributed by atoms with van der Waals surface area (Å²) in [6.45, 7) is 2.68. The van der Waals surface area contributed by atoms with Gasteiger partial charge in [0.15, 0.2) is 0 Å². The first kappa shape index (κ1) is 11.5. The average molecular weight is 204 g/mol. The van der Waals surface area contributed by atoms with Gasteiger partial charge in [-0.3, -0.25) is 0 Å². The van der Waals surface area contributed by atoms with Crippen LogP contribution in [0.15, 0.2) is 24.3 Å². The lowest BCUT2D eigenvalue weighted by Crippen LogP contribution is -2.13. The topological polar surface area (TPSA) is 45.0 Å². The predicted molar refractivity (Wildman–Crippen MR) is 59.5 cm³/mol. The number of nitriles is 1. The van der Waals surface area contributed by atoms with Crippen molar-refractivity contribution in [3.63, 3.8) is 0 Å². The molecule has 3 heteroatoms. The molecule has 0 fully saturated rings. The lowest BCUT2D eigenvalue weighted by molar-refractivity contribution is 0.224. The third-order valence-corrected chi connectivity index (χ3v) is 2.05. The molecule has 1 unspecified atom stereocenters. The second kappa shape index (κ2) is 6.05. The smallest absolute Gasteiger partial charge is 0.124 e. The van der Waals surface area contributed by atoms with E-state index in [4.69, 9.17) is 10.00 Å². The van der Waals surface area contributed by atoms with Gasteiger partial charge in [-0.15, -0.1) is 0 Å². The molecular formula is C12H16N2O. The highest BCUT2D eigenvalue weighted by Crippen LogP contribution is 2.19. The monoisotopic (exact) mass is 204 g/mol. The van der Waals surface area contributed by atoms with E-state index in [0.717, 1.165) is 17.9 Å². The number of hydrogen-bond donors (Lipinski definition) is 1. The van der Waals surface area contributed by atoms with Crippen LogP contribution in [0.4, 0.5) is 0 Å². The fourth-order valence-corrected chi connectivity index (χ4v) is 1.34. The molecule has 0 saturated carbocycles. The van der Waals surface area contributed by atoms with Gasteiger partial charge in [-0.05, 0) is 20.0 Å². The van der Waals surface area contributed by atoms with Gasteiger partial charge in [-0.1, -0.05) is 18.2 Å². The Balaban J connectivity index is 2.71. The molecule has 0 aromatic heterocycles. The summed E-state index contributed by atoms with van der Waals surface area (Å²) < 4.78 is 5.68. The molecular weight excluding hydrogens is 188 g/mol. The van der Waals surface area contributed by atoms with Crippen molar-refractivity contribution in [2.45, 2.75) is 26.0 Å². The summed E-state index contributed by atoms with van der Waals surface area (Å²) in [5, 5.41) is 11.6. The van der Waals surface area contributed by atoms with Crippen LogP contribution in [-0.2, 0) is 6.54 Å². The summed E-state index contributed by atoms with van der Waals surface area (Å²) in [7, 11) is 1.90. The van der Waals surface area contributed by atoms with E-state index in [9.17, 15) is 0 Å². The van der Waals surface area contributed by atoms with Crippen molar-refractivity contribution < 1.29 is 4.74 Å². The SMILES string of the molecule is CNCc1ccccc1OC(C)CC#N. The Morgan fingerprint density at radius 2 is 2.20 bits per heavy atom. The Morgan fingerprint density at radius 3 is 2.87 bits per heavy atom. The molecule has 80 valence electrons. The molecule has 0 heterocycles. The second-order valence-electron chi connectivity index (χ2n) is 3.43. The molecule has 3 nitrogen and oxygen atoms in total. The maximum Gasteiger partial charge on any atom is 0.124 e. The van der Waals surface area contributed by atoms with E-state index in [-0.39, 0.29) is 6.10 Å². The molecule has 15 heavy (non-hydrogen) atoms. The Morgan fingerprint density at radius 1 is 1.47 bits per heavy atom. The maximum atomic E-state index is 8.55. The zero-order chi connectivity index (χ0) is 11.1. The minimum Gasteiger partial charge on any atom is -0.489 e. The molecule has 0 radical (unpaired) electrons. The fourth-order valence-electron chi connectivity index (χ4n) is 1.34. The first-order valence-electron chi connectivity index (χ1n) is 5.04. The normalized spacial score (nSPS) is 11.8. The largest absolute Gasteiger partial charge is 0.489 e. The molecule has 1 atom stereocenters. The maximum absolute atomic E-state index is 8.55. The zero-order valence-electron chi connectivity index (χ0n) is 9.16. The van der Waals surface area contributed by atoms with Gasteiger partial charge in [0.2, 0.25) is 0 Å². The number of rotatable bonds is 5. The zero-order valence-corrected chi connectivity index (χ0v) is 9.16. The molecule has 1 aromatic rings. The Kier molecular flexibility index (Phi) is 4.65. The lowest BCUT2D eigenvalue weighted by atomic mass is 10.2. The van der Waals surface area contributed by atoms with Gasteiger partial charge in [0.1, 0.15) is 11.9 Å². The highest BCUT2D eigenvalue weighted by Gasteiger charge is 2.06. The van der Waals surface area contributed by atoms with Gasteiger partial charge in [-0.25, -0.2) is 0 Å². The van der Waals surface area contributed by atoms with Gasteiger partial charge in [0.25, 0.3) is 0 Å². The third-order valence-electron chi connectivity index (χ3n) is 2.05. The van der Waals surface area contributed by atoms with Gasteiger partial charge in [0, 0.05) is 12.1 Å². The number of nitrogens with one attached hydrogen (secondary N) is 1. The molecule has 0 aliphatic rings. The van der Waals surface area contributed by atoms with Crippen molar-refractivity contribution in [2.24, 2.45) is 0 Å². The van der Waals surface area contributed by atoms with E-state index < -0.39 is 0 Å². The van der Waals surface area contributed by atoms with Crippen LogP contribution >= 0.6 is 0 Å². The quantitative estimate of drug-likeness (QED) is 0.798. The lowest BCUT2D eigenvalue weighted by Gasteiger charge is -2.15. The van der Waals surface area contributed by atoms with E-state index in [1.807, 2.05) is 38.2 Å². The van der Waals surface area contributed by atoms with E-state index in [1.54, 1.807) is 0 Å². The van der Waals surface area contributed by atoms with Crippen LogP contribution in [0.3, 0.4) is 0 Å². The summed E-state index contributed by atoms with van der Waals surface area (Å²) in [5.41, 5.74) is 1.12. The molecule has 1 rings (SSSR count). The molecule has 1 N–H and O–H groups in total. The van der Waals surface area contributed by atoms with Gasteiger partial charge < -0.3 is 10.1 Å². The van der Waals surface area contributed by atoms with Gasteiger partial charge in [0.05, 0.1) is 12.5 Å². The van der Waals surface area contributed by atoms with Crippen LogP contribution in [0.5, 0.6) is 5.75 Å². The van der Waals surface area contributed by atoms with Crippen molar-refractivity contribution in [1.82, 2.24) is 5.32 Å². The Hall–Kier alpha value is -1.53. The summed E-state index contributed by atoms with van der Waals surface area (Å²) in [4.78, 5) is 0. The van der Waals surface area contributed by atoms with Crippen molar-refractivity contribution in [3.8, 4) is 11.8 Å². The summed E-state index contributed by atoms with van der Waals surface area (Å²) in [6.07, 6.45) is 0.349. The highest BCUT2D eigenvalue weighted by atomic mass is 16.5. The van der Waals surface area contributed by atoms with Crippen molar-refractivity contribution in [2.75, 3.05) is 7.05 Å². The molecule has 0 bridgehead atoms. The Labute approximate surface area is 90.7 Å². The molecule has 0 aliphatic carbocycles. The Bertz CT molecular complexity index is 344. The molecule has 0 spiro atoms.